The smallest absolute Gasteiger partial charge is 0.236 e. The number of hydrogen-bond acceptors (Lipinski definition) is 5. The van der Waals surface area contributed by atoms with E-state index >= 15 is 0 Å². The van der Waals surface area contributed by atoms with Crippen molar-refractivity contribution in [1.29, 1.82) is 0 Å². The third-order valence-electron chi connectivity index (χ3n) is 5.21. The van der Waals surface area contributed by atoms with E-state index in [9.17, 15) is 5.11 Å². The molecule has 0 radical (unpaired) electrons. The van der Waals surface area contributed by atoms with Gasteiger partial charge in [-0.25, -0.2) is 9.98 Å². The van der Waals surface area contributed by atoms with Crippen molar-refractivity contribution in [3.05, 3.63) is 29.5 Å². The molecule has 1 fully saturated rings. The lowest BCUT2D eigenvalue weighted by atomic mass is 9.72. The van der Waals surface area contributed by atoms with Crippen molar-refractivity contribution >= 4 is 41.3 Å². The number of oxazole rings is 1. The van der Waals surface area contributed by atoms with Gasteiger partial charge in [0.15, 0.2) is 5.96 Å². The summed E-state index contributed by atoms with van der Waals surface area (Å²) in [6.07, 6.45) is 8.68. The second kappa shape index (κ2) is 11.8. The van der Waals surface area contributed by atoms with Crippen molar-refractivity contribution in [3.63, 3.8) is 0 Å². The highest BCUT2D eigenvalue weighted by atomic mass is 127. The van der Waals surface area contributed by atoms with E-state index in [1.54, 1.807) is 17.6 Å². The molecule has 8 heteroatoms. The van der Waals surface area contributed by atoms with Crippen LogP contribution in [0.1, 0.15) is 51.1 Å². The van der Waals surface area contributed by atoms with Gasteiger partial charge in [0, 0.05) is 19.7 Å². The average molecular weight is 518 g/mol. The number of aromatic nitrogens is 1. The fraction of sp³-hybridized carbons (Fsp3) is 0.600. The zero-order chi connectivity index (χ0) is 19.0. The molecule has 0 saturated heterocycles. The van der Waals surface area contributed by atoms with Gasteiger partial charge in [-0.15, -0.1) is 35.3 Å². The molecule has 6 nitrogen and oxygen atoms in total. The van der Waals surface area contributed by atoms with Gasteiger partial charge in [0.1, 0.15) is 12.0 Å². The lowest BCUT2D eigenvalue weighted by Crippen LogP contribution is -2.44. The number of halogens is 1. The van der Waals surface area contributed by atoms with Crippen LogP contribution in [0.15, 0.2) is 33.2 Å². The van der Waals surface area contributed by atoms with E-state index in [1.807, 2.05) is 17.5 Å². The molecule has 0 spiro atoms. The van der Waals surface area contributed by atoms with Gasteiger partial charge in [-0.3, -0.25) is 0 Å². The zero-order valence-corrected chi connectivity index (χ0v) is 19.6. The lowest BCUT2D eigenvalue weighted by Gasteiger charge is -2.37. The first-order valence-corrected chi connectivity index (χ1v) is 10.7. The van der Waals surface area contributed by atoms with Crippen molar-refractivity contribution in [2.24, 2.45) is 10.4 Å². The molecule has 28 heavy (non-hydrogen) atoms. The standard InChI is InChI=1S/C20H30N4O2S.HI/c1-2-21-19(23-15-20(10-11-25)8-4-3-5-9-20)22-13-16-14-26-18(24-16)17-7-6-12-27-17;/h6-7,12,14,25H,2-5,8-11,13,15H2,1H3,(H2,21,22,23);1H. The predicted molar refractivity (Wildman–Crippen MR) is 125 cm³/mol. The van der Waals surface area contributed by atoms with Crippen LogP contribution in [0.25, 0.3) is 10.8 Å². The maximum atomic E-state index is 9.49. The molecule has 0 aliphatic heterocycles. The molecule has 1 aliphatic carbocycles. The van der Waals surface area contributed by atoms with Crippen LogP contribution in [0, 0.1) is 5.41 Å². The lowest BCUT2D eigenvalue weighted by molar-refractivity contribution is 0.131. The summed E-state index contributed by atoms with van der Waals surface area (Å²) in [5, 5.41) is 18.3. The minimum absolute atomic E-state index is 0. The minimum Gasteiger partial charge on any atom is -0.443 e. The summed E-state index contributed by atoms with van der Waals surface area (Å²) in [7, 11) is 0. The van der Waals surface area contributed by atoms with Crippen molar-refractivity contribution in [3.8, 4) is 10.8 Å². The third-order valence-corrected chi connectivity index (χ3v) is 6.07. The summed E-state index contributed by atoms with van der Waals surface area (Å²) in [4.78, 5) is 10.2. The van der Waals surface area contributed by atoms with Gasteiger partial charge in [-0.2, -0.15) is 0 Å². The summed E-state index contributed by atoms with van der Waals surface area (Å²) in [5.41, 5.74) is 1.00. The molecule has 0 unspecified atom stereocenters. The number of thiophene rings is 1. The molecule has 2 heterocycles. The highest BCUT2D eigenvalue weighted by Gasteiger charge is 2.31. The molecule has 1 saturated carbocycles. The summed E-state index contributed by atoms with van der Waals surface area (Å²) in [6.45, 7) is 4.43. The summed E-state index contributed by atoms with van der Waals surface area (Å²) in [5.74, 6) is 1.44. The summed E-state index contributed by atoms with van der Waals surface area (Å²) in [6, 6.07) is 3.99. The van der Waals surface area contributed by atoms with E-state index in [0.29, 0.717) is 12.4 Å². The molecule has 0 bridgehead atoms. The Balaban J connectivity index is 0.00000280. The van der Waals surface area contributed by atoms with E-state index in [1.165, 1.54) is 32.1 Å². The van der Waals surface area contributed by atoms with Crippen LogP contribution in [0.4, 0.5) is 0 Å². The SMILES string of the molecule is CCNC(=NCc1coc(-c2cccs2)n1)NCC1(CCO)CCCCC1.I. The molecule has 1 aliphatic rings. The van der Waals surface area contributed by atoms with Crippen LogP contribution in [0.5, 0.6) is 0 Å². The van der Waals surface area contributed by atoms with Crippen molar-refractivity contribution < 1.29 is 9.52 Å². The first-order valence-electron chi connectivity index (χ1n) is 9.86. The average Bonchev–Trinajstić information content (AvgIpc) is 3.36. The molecule has 2 aromatic heterocycles. The van der Waals surface area contributed by atoms with Gasteiger partial charge in [0.05, 0.1) is 11.4 Å². The van der Waals surface area contributed by atoms with Crippen LogP contribution < -0.4 is 10.6 Å². The Morgan fingerprint density at radius 3 is 2.82 bits per heavy atom. The van der Waals surface area contributed by atoms with E-state index in [0.717, 1.165) is 36.0 Å². The normalized spacial score (nSPS) is 16.4. The Bertz CT molecular complexity index is 706. The molecule has 3 N–H and O–H groups in total. The number of hydrogen-bond donors (Lipinski definition) is 3. The number of aliphatic hydroxyl groups is 1. The van der Waals surface area contributed by atoms with Crippen molar-refractivity contribution in [2.45, 2.75) is 52.0 Å². The van der Waals surface area contributed by atoms with E-state index < -0.39 is 0 Å². The fourth-order valence-corrected chi connectivity index (χ4v) is 4.38. The maximum Gasteiger partial charge on any atom is 0.236 e. The molecule has 156 valence electrons. The number of nitrogens with one attached hydrogen (secondary N) is 2. The fourth-order valence-electron chi connectivity index (χ4n) is 3.72. The summed E-state index contributed by atoms with van der Waals surface area (Å²) < 4.78 is 5.57. The van der Waals surface area contributed by atoms with Gasteiger partial charge in [-0.1, -0.05) is 25.3 Å². The Morgan fingerprint density at radius 1 is 1.32 bits per heavy atom. The molecule has 3 rings (SSSR count). The molecule has 0 amide bonds. The van der Waals surface area contributed by atoms with E-state index in [4.69, 9.17) is 4.42 Å². The van der Waals surface area contributed by atoms with Crippen LogP contribution in [-0.4, -0.2) is 35.7 Å². The monoisotopic (exact) mass is 518 g/mol. The number of guanidine groups is 1. The first-order chi connectivity index (χ1) is 13.2. The van der Waals surface area contributed by atoms with E-state index in [-0.39, 0.29) is 36.0 Å². The van der Waals surface area contributed by atoms with Gasteiger partial charge in [-0.05, 0) is 43.0 Å². The summed E-state index contributed by atoms with van der Waals surface area (Å²) >= 11 is 1.61. The second-order valence-corrected chi connectivity index (χ2v) is 8.15. The topological polar surface area (TPSA) is 82.7 Å². The number of aliphatic imine (C=N–C) groups is 1. The largest absolute Gasteiger partial charge is 0.443 e. The number of nitrogens with zero attached hydrogens (tertiary/aromatic N) is 2. The Hall–Kier alpha value is -1.13. The number of rotatable bonds is 8. The molecule has 0 atom stereocenters. The van der Waals surface area contributed by atoms with Crippen molar-refractivity contribution in [1.82, 2.24) is 15.6 Å². The molecular formula is C20H31IN4O2S. The Morgan fingerprint density at radius 2 is 2.14 bits per heavy atom. The highest BCUT2D eigenvalue weighted by molar-refractivity contribution is 14.0. The Labute approximate surface area is 188 Å². The zero-order valence-electron chi connectivity index (χ0n) is 16.4. The van der Waals surface area contributed by atoms with Crippen LogP contribution >= 0.6 is 35.3 Å². The first kappa shape index (κ1) is 23.2. The van der Waals surface area contributed by atoms with E-state index in [2.05, 4.69) is 27.5 Å². The predicted octanol–water partition coefficient (Wildman–Crippen LogP) is 4.41. The molecule has 2 aromatic rings. The van der Waals surface area contributed by atoms with Crippen LogP contribution in [0.3, 0.4) is 0 Å². The van der Waals surface area contributed by atoms with Crippen LogP contribution in [0.2, 0.25) is 0 Å². The second-order valence-electron chi connectivity index (χ2n) is 7.20. The van der Waals surface area contributed by atoms with Gasteiger partial charge < -0.3 is 20.2 Å². The third kappa shape index (κ3) is 6.45. The minimum atomic E-state index is 0. The van der Waals surface area contributed by atoms with Gasteiger partial charge >= 0.3 is 0 Å². The highest BCUT2D eigenvalue weighted by Crippen LogP contribution is 2.38. The molecular weight excluding hydrogens is 487 g/mol. The maximum absolute atomic E-state index is 9.49. The van der Waals surface area contributed by atoms with Crippen LogP contribution in [-0.2, 0) is 6.54 Å². The van der Waals surface area contributed by atoms with Gasteiger partial charge in [0.25, 0.3) is 0 Å². The quantitative estimate of drug-likeness (QED) is 0.274. The molecule has 0 aromatic carbocycles. The Kier molecular flexibility index (Phi) is 9.73. The number of aliphatic hydroxyl groups excluding tert-OH is 1. The van der Waals surface area contributed by atoms with Crippen molar-refractivity contribution in [2.75, 3.05) is 19.7 Å². The van der Waals surface area contributed by atoms with Gasteiger partial charge in [0.2, 0.25) is 5.89 Å².